The molecular formula is C18H16Cl2N4O3. The van der Waals surface area contributed by atoms with E-state index in [1.54, 1.807) is 24.5 Å². The largest absolute Gasteiger partial charge is 0.619 e. The van der Waals surface area contributed by atoms with Gasteiger partial charge in [0.05, 0.1) is 11.3 Å². The van der Waals surface area contributed by atoms with E-state index in [-0.39, 0.29) is 21.3 Å². The molecule has 0 radical (unpaired) electrons. The Morgan fingerprint density at radius 1 is 1.30 bits per heavy atom. The zero-order chi connectivity index (χ0) is 19.7. The van der Waals surface area contributed by atoms with E-state index in [1.165, 1.54) is 0 Å². The van der Waals surface area contributed by atoms with Gasteiger partial charge < -0.3 is 15.1 Å². The lowest BCUT2D eigenvalue weighted by Crippen LogP contribution is -2.27. The number of ketones is 1. The molecule has 140 valence electrons. The number of rotatable bonds is 5. The summed E-state index contributed by atoms with van der Waals surface area (Å²) in [5, 5.41) is 14.1. The fourth-order valence-electron chi connectivity index (χ4n) is 2.75. The molecule has 3 aromatic rings. The number of nitrogens with one attached hydrogen (secondary N) is 1. The van der Waals surface area contributed by atoms with E-state index in [0.29, 0.717) is 28.2 Å². The second-order valence-electron chi connectivity index (χ2n) is 6.44. The highest BCUT2D eigenvalue weighted by atomic mass is 35.5. The van der Waals surface area contributed by atoms with Gasteiger partial charge in [0.1, 0.15) is 15.7 Å². The number of hydrogen-bond acceptors (Lipinski definition) is 4. The van der Waals surface area contributed by atoms with Crippen LogP contribution in [0.15, 0.2) is 36.9 Å². The molecule has 27 heavy (non-hydrogen) atoms. The molecule has 0 bridgehead atoms. The van der Waals surface area contributed by atoms with E-state index in [1.807, 2.05) is 18.4 Å². The third-order valence-corrected chi connectivity index (χ3v) is 4.42. The third kappa shape index (κ3) is 3.89. The highest BCUT2D eigenvalue weighted by Gasteiger charge is 2.24. The van der Waals surface area contributed by atoms with Crippen LogP contribution in [-0.2, 0) is 11.3 Å². The molecule has 0 saturated heterocycles. The van der Waals surface area contributed by atoms with Crippen LogP contribution >= 0.6 is 23.2 Å². The van der Waals surface area contributed by atoms with Crippen molar-refractivity contribution in [1.29, 1.82) is 0 Å². The first-order valence-corrected chi connectivity index (χ1v) is 8.91. The molecule has 1 amide bonds. The summed E-state index contributed by atoms with van der Waals surface area (Å²) in [5.74, 6) is -1.32. The summed E-state index contributed by atoms with van der Waals surface area (Å²) in [7, 11) is 0. The number of amides is 1. The molecule has 0 fully saturated rings. The van der Waals surface area contributed by atoms with Crippen LogP contribution in [0.25, 0.3) is 11.0 Å². The average molecular weight is 407 g/mol. The van der Waals surface area contributed by atoms with Gasteiger partial charge in [-0.15, -0.1) is 0 Å². The lowest BCUT2D eigenvalue weighted by atomic mass is 10.1. The van der Waals surface area contributed by atoms with Crippen LogP contribution in [0.1, 0.15) is 24.2 Å². The Labute approximate surface area is 165 Å². The Morgan fingerprint density at radius 2 is 1.96 bits per heavy atom. The first-order chi connectivity index (χ1) is 12.8. The van der Waals surface area contributed by atoms with Crippen molar-refractivity contribution < 1.29 is 14.3 Å². The van der Waals surface area contributed by atoms with E-state index >= 15 is 0 Å². The lowest BCUT2D eigenvalue weighted by Gasteiger charge is -2.08. The predicted octanol–water partition coefficient (Wildman–Crippen LogP) is 3.45. The monoisotopic (exact) mass is 406 g/mol. The van der Waals surface area contributed by atoms with Crippen LogP contribution in [0.2, 0.25) is 10.0 Å². The van der Waals surface area contributed by atoms with Crippen molar-refractivity contribution in [2.45, 2.75) is 20.4 Å². The maximum Gasteiger partial charge on any atom is 0.296 e. The van der Waals surface area contributed by atoms with Crippen molar-refractivity contribution in [2.24, 2.45) is 5.92 Å². The van der Waals surface area contributed by atoms with Crippen LogP contribution in [0.4, 0.5) is 5.69 Å². The Morgan fingerprint density at radius 3 is 2.59 bits per heavy atom. The summed E-state index contributed by atoms with van der Waals surface area (Å²) < 4.78 is 2.26. The van der Waals surface area contributed by atoms with Gasteiger partial charge in [-0.05, 0) is 18.1 Å². The van der Waals surface area contributed by atoms with Crippen molar-refractivity contribution in [2.75, 3.05) is 5.32 Å². The quantitative estimate of drug-likeness (QED) is 0.304. The van der Waals surface area contributed by atoms with Gasteiger partial charge in [0.2, 0.25) is 12.4 Å². The predicted molar refractivity (Wildman–Crippen MR) is 103 cm³/mol. The maximum absolute atomic E-state index is 12.7. The molecule has 1 N–H and O–H groups in total. The molecule has 0 aliphatic carbocycles. The van der Waals surface area contributed by atoms with Crippen LogP contribution in [0, 0.1) is 11.1 Å². The molecule has 3 aromatic heterocycles. The van der Waals surface area contributed by atoms with E-state index < -0.39 is 11.7 Å². The molecule has 3 heterocycles. The summed E-state index contributed by atoms with van der Waals surface area (Å²) in [6.45, 7) is 4.75. The standard InChI is InChI=1S/C18H16Cl2N4O3/c1-10(2)6-23-7-12(11-4-3-5-21-17(11)23)16(25)18(26)22-15-13(19)8-24(27)9-14(15)20/h3-5,7-10H,6H2,1-2H3,(H,22,26). The number of aromatic nitrogens is 3. The topological polar surface area (TPSA) is 90.9 Å². The van der Waals surface area contributed by atoms with Gasteiger partial charge in [0.15, 0.2) is 0 Å². The molecule has 7 nitrogen and oxygen atoms in total. The Balaban J connectivity index is 1.95. The second-order valence-corrected chi connectivity index (χ2v) is 7.25. The normalized spacial score (nSPS) is 11.1. The first-order valence-electron chi connectivity index (χ1n) is 8.15. The van der Waals surface area contributed by atoms with Gasteiger partial charge in [-0.1, -0.05) is 37.0 Å². The van der Waals surface area contributed by atoms with E-state index in [4.69, 9.17) is 23.2 Å². The highest BCUT2D eigenvalue weighted by Crippen LogP contribution is 2.28. The summed E-state index contributed by atoms with van der Waals surface area (Å²) in [6, 6.07) is 3.44. The van der Waals surface area contributed by atoms with Gasteiger partial charge in [-0.25, -0.2) is 4.98 Å². The molecule has 0 aliphatic heterocycles. The van der Waals surface area contributed by atoms with Gasteiger partial charge in [0, 0.05) is 24.3 Å². The maximum atomic E-state index is 12.7. The minimum Gasteiger partial charge on any atom is -0.619 e. The Hall–Kier alpha value is -2.64. The van der Waals surface area contributed by atoms with Crippen LogP contribution in [0.5, 0.6) is 0 Å². The molecule has 0 atom stereocenters. The fourth-order valence-corrected chi connectivity index (χ4v) is 3.29. The minimum atomic E-state index is -0.908. The van der Waals surface area contributed by atoms with Crippen molar-refractivity contribution in [1.82, 2.24) is 9.55 Å². The van der Waals surface area contributed by atoms with Crippen LogP contribution < -0.4 is 10.0 Å². The number of nitrogens with zero attached hydrogens (tertiary/aromatic N) is 3. The summed E-state index contributed by atoms with van der Waals surface area (Å²) in [4.78, 5) is 29.5. The molecule has 9 heteroatoms. The van der Waals surface area contributed by atoms with Crippen molar-refractivity contribution in [3.05, 3.63) is 57.7 Å². The number of Topliss-reactive ketones (excluding diaryl/α,β-unsaturated/α-hetero) is 1. The summed E-state index contributed by atoms with van der Waals surface area (Å²) in [6.07, 6.45) is 5.33. The molecule has 0 saturated carbocycles. The van der Waals surface area contributed by atoms with Crippen molar-refractivity contribution in [3.63, 3.8) is 0 Å². The molecule has 0 unspecified atom stereocenters. The number of carbonyl (C=O) groups is 2. The van der Waals surface area contributed by atoms with Gasteiger partial charge in [-0.3, -0.25) is 9.59 Å². The number of fused-ring (bicyclic) bond motifs is 1. The average Bonchev–Trinajstić information content (AvgIpc) is 2.95. The summed E-state index contributed by atoms with van der Waals surface area (Å²) >= 11 is 11.9. The Bertz CT molecular complexity index is 1020. The van der Waals surface area contributed by atoms with E-state index in [0.717, 1.165) is 12.4 Å². The number of hydrogen-bond donors (Lipinski definition) is 1. The van der Waals surface area contributed by atoms with Crippen LogP contribution in [0.3, 0.4) is 0 Å². The lowest BCUT2D eigenvalue weighted by molar-refractivity contribution is -0.605. The fraction of sp³-hybridized carbons (Fsp3) is 0.222. The number of pyridine rings is 2. The molecule has 0 spiro atoms. The van der Waals surface area contributed by atoms with E-state index in [9.17, 15) is 14.8 Å². The number of halogens is 2. The molecule has 0 aliphatic rings. The van der Waals surface area contributed by atoms with Gasteiger partial charge in [0.25, 0.3) is 11.7 Å². The molecule has 0 aromatic carbocycles. The zero-order valence-electron chi connectivity index (χ0n) is 14.6. The Kier molecular flexibility index (Phi) is 5.34. The highest BCUT2D eigenvalue weighted by molar-refractivity contribution is 6.50. The number of anilines is 1. The smallest absolute Gasteiger partial charge is 0.296 e. The van der Waals surface area contributed by atoms with Crippen molar-refractivity contribution >= 4 is 51.6 Å². The first kappa shape index (κ1) is 19.1. The van der Waals surface area contributed by atoms with Crippen LogP contribution in [-0.4, -0.2) is 21.2 Å². The zero-order valence-corrected chi connectivity index (χ0v) is 16.1. The minimum absolute atomic E-state index is 0.00725. The third-order valence-electron chi connectivity index (χ3n) is 3.84. The number of carbonyl (C=O) groups excluding carboxylic acids is 2. The summed E-state index contributed by atoms with van der Waals surface area (Å²) in [5.41, 5.74) is 0.872. The van der Waals surface area contributed by atoms with Gasteiger partial charge >= 0.3 is 0 Å². The van der Waals surface area contributed by atoms with E-state index in [2.05, 4.69) is 10.3 Å². The SMILES string of the molecule is CC(C)Cn1cc(C(=O)C(=O)Nc2c(Cl)c[n+]([O-])cc2Cl)c2cccnc21. The van der Waals surface area contributed by atoms with Gasteiger partial charge in [-0.2, -0.15) is 4.73 Å². The second kappa shape index (κ2) is 7.54. The molecule has 3 rings (SSSR count). The van der Waals surface area contributed by atoms with Crippen molar-refractivity contribution in [3.8, 4) is 0 Å². The molecular weight excluding hydrogens is 391 g/mol.